The summed E-state index contributed by atoms with van der Waals surface area (Å²) in [7, 11) is 0. The lowest BCUT2D eigenvalue weighted by molar-refractivity contribution is -0.123. The Kier molecular flexibility index (Phi) is 5.86. The number of aryl methyl sites for hydroxylation is 1. The molecule has 0 fully saturated rings. The van der Waals surface area contributed by atoms with Crippen molar-refractivity contribution in [3.63, 3.8) is 0 Å². The predicted molar refractivity (Wildman–Crippen MR) is 88.1 cm³/mol. The van der Waals surface area contributed by atoms with Gasteiger partial charge in [-0.15, -0.1) is 0 Å². The summed E-state index contributed by atoms with van der Waals surface area (Å²) in [6.45, 7) is 3.68. The molecule has 2 aromatic carbocycles. The normalized spacial score (nSPS) is 11.2. The van der Waals surface area contributed by atoms with Crippen LogP contribution in [0.3, 0.4) is 0 Å². The number of amides is 1. The second-order valence-electron chi connectivity index (χ2n) is 5.03. The monoisotopic (exact) mass is 314 g/mol. The summed E-state index contributed by atoms with van der Waals surface area (Å²) in [5, 5.41) is 4.04. The second kappa shape index (κ2) is 8.08. The number of carbonyl (C=O) groups is 1. The van der Waals surface area contributed by atoms with Crippen molar-refractivity contribution in [3.05, 3.63) is 65.5 Å². The van der Waals surface area contributed by atoms with Gasteiger partial charge in [-0.2, -0.15) is 5.10 Å². The molecule has 0 aliphatic carbocycles. The standard InChI is InChI=1S/C18H19FN2O2/c1-3-14-7-9-15(10-8-14)13(2)20-21-18(22)12-23-17-6-4-5-16(19)11-17/h4-11H,3,12H2,1-2H3,(H,21,22)/b20-13-. The van der Waals surface area contributed by atoms with Crippen LogP contribution in [-0.2, 0) is 11.2 Å². The van der Waals surface area contributed by atoms with Crippen molar-refractivity contribution >= 4 is 11.6 Å². The molecule has 0 saturated heterocycles. The number of nitrogens with one attached hydrogen (secondary N) is 1. The lowest BCUT2D eigenvalue weighted by Gasteiger charge is -2.06. The van der Waals surface area contributed by atoms with E-state index in [1.54, 1.807) is 6.07 Å². The molecule has 0 atom stereocenters. The second-order valence-corrected chi connectivity index (χ2v) is 5.03. The van der Waals surface area contributed by atoms with Gasteiger partial charge in [-0.3, -0.25) is 4.79 Å². The Morgan fingerprint density at radius 3 is 2.61 bits per heavy atom. The van der Waals surface area contributed by atoms with E-state index in [0.29, 0.717) is 11.5 Å². The molecule has 5 heteroatoms. The highest BCUT2D eigenvalue weighted by Gasteiger charge is 2.04. The highest BCUT2D eigenvalue weighted by atomic mass is 19.1. The zero-order valence-electron chi connectivity index (χ0n) is 13.2. The number of nitrogens with zero attached hydrogens (tertiary/aromatic N) is 1. The molecule has 0 aliphatic heterocycles. The van der Waals surface area contributed by atoms with Gasteiger partial charge in [-0.25, -0.2) is 9.82 Å². The van der Waals surface area contributed by atoms with E-state index in [1.165, 1.54) is 23.8 Å². The lowest BCUT2D eigenvalue weighted by atomic mass is 10.1. The van der Waals surface area contributed by atoms with Gasteiger partial charge in [-0.05, 0) is 36.6 Å². The molecule has 0 heterocycles. The summed E-state index contributed by atoms with van der Waals surface area (Å²) in [6.07, 6.45) is 0.977. The Morgan fingerprint density at radius 1 is 1.22 bits per heavy atom. The minimum atomic E-state index is -0.410. The van der Waals surface area contributed by atoms with E-state index in [1.807, 2.05) is 31.2 Å². The zero-order chi connectivity index (χ0) is 16.7. The molecule has 1 N–H and O–H groups in total. The Bertz CT molecular complexity index is 696. The Balaban J connectivity index is 1.86. The van der Waals surface area contributed by atoms with Gasteiger partial charge in [0, 0.05) is 6.07 Å². The van der Waals surface area contributed by atoms with Gasteiger partial charge < -0.3 is 4.74 Å². The molecule has 0 aliphatic rings. The van der Waals surface area contributed by atoms with E-state index >= 15 is 0 Å². The SMILES string of the molecule is CCc1ccc(/C(C)=N\NC(=O)COc2cccc(F)c2)cc1. The summed E-state index contributed by atoms with van der Waals surface area (Å²) in [6, 6.07) is 13.6. The highest BCUT2D eigenvalue weighted by Crippen LogP contribution is 2.11. The van der Waals surface area contributed by atoms with E-state index in [9.17, 15) is 9.18 Å². The minimum Gasteiger partial charge on any atom is -0.484 e. The van der Waals surface area contributed by atoms with Gasteiger partial charge in [0.1, 0.15) is 11.6 Å². The molecule has 0 unspecified atom stereocenters. The van der Waals surface area contributed by atoms with Crippen LogP contribution in [0.5, 0.6) is 5.75 Å². The molecule has 0 bridgehead atoms. The summed E-state index contributed by atoms with van der Waals surface area (Å²) >= 11 is 0. The first kappa shape index (κ1) is 16.7. The lowest BCUT2D eigenvalue weighted by Crippen LogP contribution is -2.25. The molecule has 1 amide bonds. The van der Waals surface area contributed by atoms with Crippen molar-refractivity contribution in [2.75, 3.05) is 6.61 Å². The highest BCUT2D eigenvalue weighted by molar-refractivity contribution is 5.99. The fraction of sp³-hybridized carbons (Fsp3) is 0.222. The van der Waals surface area contributed by atoms with E-state index in [0.717, 1.165) is 12.0 Å². The maximum absolute atomic E-state index is 13.0. The van der Waals surface area contributed by atoms with Gasteiger partial charge in [0.25, 0.3) is 5.91 Å². The maximum Gasteiger partial charge on any atom is 0.277 e. The number of hydrogen-bond acceptors (Lipinski definition) is 3. The summed E-state index contributed by atoms with van der Waals surface area (Å²) in [4.78, 5) is 11.7. The van der Waals surface area contributed by atoms with Gasteiger partial charge in [0.2, 0.25) is 0 Å². The molecule has 0 radical (unpaired) electrons. The molecule has 2 rings (SSSR count). The zero-order valence-corrected chi connectivity index (χ0v) is 13.2. The van der Waals surface area contributed by atoms with Crippen LogP contribution in [0, 0.1) is 5.82 Å². The molecule has 120 valence electrons. The predicted octanol–water partition coefficient (Wildman–Crippen LogP) is 3.31. The Labute approximate surface area is 135 Å². The van der Waals surface area contributed by atoms with Crippen LogP contribution in [0.25, 0.3) is 0 Å². The van der Waals surface area contributed by atoms with Crippen molar-refractivity contribution in [2.45, 2.75) is 20.3 Å². The maximum atomic E-state index is 13.0. The van der Waals surface area contributed by atoms with Crippen molar-refractivity contribution in [2.24, 2.45) is 5.10 Å². The molecular formula is C18H19FN2O2. The van der Waals surface area contributed by atoms with Gasteiger partial charge in [0.05, 0.1) is 5.71 Å². The van der Waals surface area contributed by atoms with Crippen molar-refractivity contribution in [1.29, 1.82) is 0 Å². The number of benzene rings is 2. The molecule has 0 aromatic heterocycles. The average molecular weight is 314 g/mol. The molecular weight excluding hydrogens is 295 g/mol. The topological polar surface area (TPSA) is 50.7 Å². The van der Waals surface area contributed by atoms with Crippen LogP contribution in [0.1, 0.15) is 25.0 Å². The first-order chi connectivity index (χ1) is 11.1. The fourth-order valence-corrected chi connectivity index (χ4v) is 1.93. The third kappa shape index (κ3) is 5.21. The van der Waals surface area contributed by atoms with Crippen LogP contribution in [0.15, 0.2) is 53.6 Å². The van der Waals surface area contributed by atoms with Crippen LogP contribution < -0.4 is 10.2 Å². The average Bonchev–Trinajstić information content (AvgIpc) is 2.58. The molecule has 0 saturated carbocycles. The van der Waals surface area contributed by atoms with Crippen molar-refractivity contribution in [1.82, 2.24) is 5.43 Å². The summed E-state index contributed by atoms with van der Waals surface area (Å²) < 4.78 is 18.2. The van der Waals surface area contributed by atoms with Crippen LogP contribution >= 0.6 is 0 Å². The number of hydrogen-bond donors (Lipinski definition) is 1. The van der Waals surface area contributed by atoms with E-state index in [4.69, 9.17) is 4.74 Å². The largest absolute Gasteiger partial charge is 0.484 e. The summed E-state index contributed by atoms with van der Waals surface area (Å²) in [5.41, 5.74) is 5.31. The Hall–Kier alpha value is -2.69. The minimum absolute atomic E-state index is 0.227. The van der Waals surface area contributed by atoms with E-state index in [2.05, 4.69) is 17.5 Å². The van der Waals surface area contributed by atoms with Crippen molar-refractivity contribution in [3.8, 4) is 5.75 Å². The Morgan fingerprint density at radius 2 is 1.96 bits per heavy atom. The van der Waals surface area contributed by atoms with Gasteiger partial charge >= 0.3 is 0 Å². The van der Waals surface area contributed by atoms with Crippen LogP contribution in [-0.4, -0.2) is 18.2 Å². The van der Waals surface area contributed by atoms with Gasteiger partial charge in [-0.1, -0.05) is 37.3 Å². The summed E-state index contributed by atoms with van der Waals surface area (Å²) in [5.74, 6) is -0.512. The number of halogens is 1. The third-order valence-electron chi connectivity index (χ3n) is 3.29. The number of ether oxygens (including phenoxy) is 1. The van der Waals surface area contributed by atoms with Crippen LogP contribution in [0.4, 0.5) is 4.39 Å². The number of rotatable bonds is 6. The quantitative estimate of drug-likeness (QED) is 0.657. The van der Waals surface area contributed by atoms with E-state index in [-0.39, 0.29) is 6.61 Å². The molecule has 0 spiro atoms. The first-order valence-electron chi connectivity index (χ1n) is 7.39. The number of carbonyl (C=O) groups excluding carboxylic acids is 1. The third-order valence-corrected chi connectivity index (χ3v) is 3.29. The van der Waals surface area contributed by atoms with Crippen molar-refractivity contribution < 1.29 is 13.9 Å². The fourth-order valence-electron chi connectivity index (χ4n) is 1.93. The molecule has 4 nitrogen and oxygen atoms in total. The first-order valence-corrected chi connectivity index (χ1v) is 7.39. The van der Waals surface area contributed by atoms with Crippen LogP contribution in [0.2, 0.25) is 0 Å². The number of hydrazone groups is 1. The smallest absolute Gasteiger partial charge is 0.277 e. The van der Waals surface area contributed by atoms with Gasteiger partial charge in [0.15, 0.2) is 6.61 Å². The van der Waals surface area contributed by atoms with E-state index < -0.39 is 11.7 Å². The molecule has 23 heavy (non-hydrogen) atoms. The molecule has 2 aromatic rings.